The van der Waals surface area contributed by atoms with E-state index in [4.69, 9.17) is 0 Å². The van der Waals surface area contributed by atoms with E-state index in [1.165, 1.54) is 5.56 Å². The van der Waals surface area contributed by atoms with Crippen molar-refractivity contribution in [1.29, 1.82) is 0 Å². The molecule has 1 aromatic heterocycles. The Bertz CT molecular complexity index is 533. The van der Waals surface area contributed by atoms with E-state index in [2.05, 4.69) is 10.3 Å². The summed E-state index contributed by atoms with van der Waals surface area (Å²) in [5.74, 6) is 0.333. The van der Waals surface area contributed by atoms with Crippen molar-refractivity contribution in [1.82, 2.24) is 10.3 Å². The van der Waals surface area contributed by atoms with E-state index < -0.39 is 0 Å². The zero-order valence-corrected chi connectivity index (χ0v) is 9.62. The highest BCUT2D eigenvalue weighted by atomic mass is 19.1. The van der Waals surface area contributed by atoms with Crippen molar-refractivity contribution in [3.63, 3.8) is 0 Å². The van der Waals surface area contributed by atoms with Gasteiger partial charge in [0.15, 0.2) is 0 Å². The topological polar surface area (TPSA) is 24.9 Å². The first-order chi connectivity index (χ1) is 8.36. The quantitative estimate of drug-likeness (QED) is 0.814. The lowest BCUT2D eigenvalue weighted by atomic mass is 9.88. The van der Waals surface area contributed by atoms with Gasteiger partial charge in [-0.25, -0.2) is 4.39 Å². The molecule has 1 N–H and O–H groups in total. The minimum Gasteiger partial charge on any atom is -0.317 e. The van der Waals surface area contributed by atoms with Crippen LogP contribution in [0.4, 0.5) is 4.39 Å². The number of nitrogens with zero attached hydrogens (tertiary/aromatic N) is 1. The van der Waals surface area contributed by atoms with Crippen molar-refractivity contribution in [3.8, 4) is 0 Å². The van der Waals surface area contributed by atoms with Crippen molar-refractivity contribution < 1.29 is 4.39 Å². The standard InChI is InChI=1S/C14H15FN2/c15-13-4-3-11(10-5-8-16-9-6-10)14-12(13)2-1-7-17-14/h1-4,7,10,16H,5-6,8-9H2. The smallest absolute Gasteiger partial charge is 0.132 e. The maximum absolute atomic E-state index is 13.7. The molecule has 1 aliphatic rings. The van der Waals surface area contributed by atoms with Crippen molar-refractivity contribution in [2.24, 2.45) is 0 Å². The molecule has 0 bridgehead atoms. The van der Waals surface area contributed by atoms with Crippen LogP contribution in [0.3, 0.4) is 0 Å². The fraction of sp³-hybridized carbons (Fsp3) is 0.357. The number of fused-ring (bicyclic) bond motifs is 1. The number of halogens is 1. The zero-order valence-electron chi connectivity index (χ0n) is 9.62. The van der Waals surface area contributed by atoms with Gasteiger partial charge in [-0.05, 0) is 55.6 Å². The third-order valence-electron chi connectivity index (χ3n) is 3.53. The van der Waals surface area contributed by atoms with Crippen LogP contribution in [0.1, 0.15) is 24.3 Å². The minimum atomic E-state index is -0.175. The van der Waals surface area contributed by atoms with Crippen LogP contribution in [0.25, 0.3) is 10.9 Å². The van der Waals surface area contributed by atoms with E-state index in [0.29, 0.717) is 11.3 Å². The van der Waals surface area contributed by atoms with Crippen LogP contribution < -0.4 is 5.32 Å². The van der Waals surface area contributed by atoms with Crippen LogP contribution in [0.2, 0.25) is 0 Å². The predicted molar refractivity (Wildman–Crippen MR) is 66.5 cm³/mol. The van der Waals surface area contributed by atoms with Gasteiger partial charge in [0.25, 0.3) is 0 Å². The summed E-state index contributed by atoms with van der Waals surface area (Å²) < 4.78 is 13.7. The summed E-state index contributed by atoms with van der Waals surface area (Å²) >= 11 is 0. The highest BCUT2D eigenvalue weighted by molar-refractivity contribution is 5.82. The fourth-order valence-corrected chi connectivity index (χ4v) is 2.62. The molecule has 0 radical (unpaired) electrons. The molecule has 88 valence electrons. The molecule has 0 spiro atoms. The van der Waals surface area contributed by atoms with Gasteiger partial charge in [0.05, 0.1) is 5.52 Å². The molecule has 2 nitrogen and oxygen atoms in total. The highest BCUT2D eigenvalue weighted by Gasteiger charge is 2.18. The molecule has 0 unspecified atom stereocenters. The second-order valence-corrected chi connectivity index (χ2v) is 4.56. The normalized spacial score (nSPS) is 17.5. The van der Waals surface area contributed by atoms with Crippen LogP contribution in [0, 0.1) is 5.82 Å². The van der Waals surface area contributed by atoms with Gasteiger partial charge < -0.3 is 5.32 Å². The average Bonchev–Trinajstić information content (AvgIpc) is 2.41. The second-order valence-electron chi connectivity index (χ2n) is 4.56. The summed E-state index contributed by atoms with van der Waals surface area (Å²) in [5.41, 5.74) is 2.03. The fourth-order valence-electron chi connectivity index (χ4n) is 2.62. The molecule has 2 heterocycles. The number of benzene rings is 1. The molecule has 17 heavy (non-hydrogen) atoms. The Morgan fingerprint density at radius 1 is 1.18 bits per heavy atom. The lowest BCUT2D eigenvalue weighted by molar-refractivity contribution is 0.461. The van der Waals surface area contributed by atoms with Crippen molar-refractivity contribution in [2.45, 2.75) is 18.8 Å². The van der Waals surface area contributed by atoms with Gasteiger partial charge in [-0.2, -0.15) is 0 Å². The number of piperidine rings is 1. The summed E-state index contributed by atoms with van der Waals surface area (Å²) in [6, 6.07) is 7.07. The van der Waals surface area contributed by atoms with Gasteiger partial charge in [0.2, 0.25) is 0 Å². The van der Waals surface area contributed by atoms with E-state index >= 15 is 0 Å². The third-order valence-corrected chi connectivity index (χ3v) is 3.53. The SMILES string of the molecule is Fc1ccc(C2CCNCC2)c2ncccc12. The molecular formula is C14H15FN2. The largest absolute Gasteiger partial charge is 0.317 e. The average molecular weight is 230 g/mol. The molecule has 1 aromatic carbocycles. The number of nitrogens with one attached hydrogen (secondary N) is 1. The molecule has 3 rings (SSSR count). The van der Waals surface area contributed by atoms with Crippen LogP contribution in [-0.4, -0.2) is 18.1 Å². The molecule has 1 fully saturated rings. The number of hydrogen-bond acceptors (Lipinski definition) is 2. The maximum atomic E-state index is 13.7. The Morgan fingerprint density at radius 3 is 2.82 bits per heavy atom. The lowest BCUT2D eigenvalue weighted by Gasteiger charge is -2.23. The first kappa shape index (κ1) is 10.7. The number of aromatic nitrogens is 1. The molecule has 1 saturated heterocycles. The summed E-state index contributed by atoms with van der Waals surface area (Å²) in [5, 5.41) is 3.99. The van der Waals surface area contributed by atoms with Crippen LogP contribution in [-0.2, 0) is 0 Å². The number of hydrogen-bond donors (Lipinski definition) is 1. The Morgan fingerprint density at radius 2 is 2.00 bits per heavy atom. The molecule has 0 amide bonds. The lowest BCUT2D eigenvalue weighted by Crippen LogP contribution is -2.26. The molecule has 1 aliphatic heterocycles. The maximum Gasteiger partial charge on any atom is 0.132 e. The van der Waals surface area contributed by atoms with Gasteiger partial charge in [-0.15, -0.1) is 0 Å². The van der Waals surface area contributed by atoms with Gasteiger partial charge in [0, 0.05) is 11.6 Å². The molecule has 3 heteroatoms. The Balaban J connectivity index is 2.12. The second kappa shape index (κ2) is 4.41. The van der Waals surface area contributed by atoms with E-state index in [1.807, 2.05) is 12.1 Å². The van der Waals surface area contributed by atoms with E-state index in [1.54, 1.807) is 18.3 Å². The molecular weight excluding hydrogens is 215 g/mol. The van der Waals surface area contributed by atoms with Gasteiger partial charge in [0.1, 0.15) is 5.82 Å². The van der Waals surface area contributed by atoms with Gasteiger partial charge in [-0.1, -0.05) is 6.07 Å². The Labute approximate surface area is 99.9 Å². The van der Waals surface area contributed by atoms with Crippen molar-refractivity contribution >= 4 is 10.9 Å². The minimum absolute atomic E-state index is 0.175. The van der Waals surface area contributed by atoms with Crippen molar-refractivity contribution in [2.75, 3.05) is 13.1 Å². The zero-order chi connectivity index (χ0) is 11.7. The van der Waals surface area contributed by atoms with Crippen molar-refractivity contribution in [3.05, 3.63) is 41.8 Å². The van der Waals surface area contributed by atoms with E-state index in [0.717, 1.165) is 31.4 Å². The third kappa shape index (κ3) is 1.91. The van der Waals surface area contributed by atoms with Gasteiger partial charge in [-0.3, -0.25) is 4.98 Å². The monoisotopic (exact) mass is 230 g/mol. The number of pyridine rings is 1. The van der Waals surface area contributed by atoms with Crippen LogP contribution in [0.5, 0.6) is 0 Å². The molecule has 0 atom stereocenters. The van der Waals surface area contributed by atoms with Crippen LogP contribution in [0.15, 0.2) is 30.5 Å². The number of rotatable bonds is 1. The highest BCUT2D eigenvalue weighted by Crippen LogP contribution is 2.31. The Hall–Kier alpha value is -1.48. The van der Waals surface area contributed by atoms with E-state index in [-0.39, 0.29) is 5.82 Å². The predicted octanol–water partition coefficient (Wildman–Crippen LogP) is 2.84. The Kier molecular flexibility index (Phi) is 2.77. The summed E-state index contributed by atoms with van der Waals surface area (Å²) in [6.07, 6.45) is 3.96. The molecule has 0 saturated carbocycles. The van der Waals surface area contributed by atoms with Gasteiger partial charge >= 0.3 is 0 Å². The summed E-state index contributed by atoms with van der Waals surface area (Å²) in [7, 11) is 0. The first-order valence-corrected chi connectivity index (χ1v) is 6.10. The summed E-state index contributed by atoms with van der Waals surface area (Å²) in [4.78, 5) is 4.36. The molecule has 0 aliphatic carbocycles. The first-order valence-electron chi connectivity index (χ1n) is 6.10. The van der Waals surface area contributed by atoms with Crippen LogP contribution >= 0.6 is 0 Å². The van der Waals surface area contributed by atoms with E-state index in [9.17, 15) is 4.39 Å². The summed E-state index contributed by atoms with van der Waals surface area (Å²) in [6.45, 7) is 2.08. The molecule has 2 aromatic rings.